The fourth-order valence-electron chi connectivity index (χ4n) is 8.05. The molecule has 0 bridgehead atoms. The fraction of sp³-hybridized carbons (Fsp3) is 0.0345. The maximum absolute atomic E-state index is 10.3. The van der Waals surface area contributed by atoms with Crippen LogP contribution in [0.1, 0.15) is 27.8 Å². The number of hydrogen-bond acceptors (Lipinski definition) is 5. The molecule has 9 aromatic rings. The lowest BCUT2D eigenvalue weighted by Crippen LogP contribution is -2.10. The second-order valence-corrected chi connectivity index (χ2v) is 15.1. The molecule has 0 aromatic heterocycles. The van der Waals surface area contributed by atoms with Crippen LogP contribution < -0.4 is 19.3 Å². The summed E-state index contributed by atoms with van der Waals surface area (Å²) in [4.78, 5) is 8.35. The first kappa shape index (κ1) is 40.6. The monoisotopic (exact) mass is 826 g/mol. The van der Waals surface area contributed by atoms with E-state index in [1.165, 1.54) is 0 Å². The number of nitrogens with zero attached hydrogens (tertiary/aromatic N) is 4. The van der Waals surface area contributed by atoms with E-state index in [9.17, 15) is 5.26 Å². The minimum absolute atomic E-state index is 0.466. The van der Waals surface area contributed by atoms with E-state index in [4.69, 9.17) is 16.0 Å². The van der Waals surface area contributed by atoms with Crippen molar-refractivity contribution in [3.8, 4) is 17.6 Å². The van der Waals surface area contributed by atoms with Gasteiger partial charge in [0, 0.05) is 33.5 Å². The Morgan fingerprint density at radius 3 is 1.30 bits per heavy atom. The summed E-state index contributed by atoms with van der Waals surface area (Å²) in [7, 11) is 3.34. The van der Waals surface area contributed by atoms with E-state index in [1.54, 1.807) is 26.4 Å². The van der Waals surface area contributed by atoms with Crippen LogP contribution in [-0.2, 0) is 0 Å². The van der Waals surface area contributed by atoms with Crippen LogP contribution in [0.25, 0.3) is 50.7 Å². The van der Waals surface area contributed by atoms with Gasteiger partial charge < -0.3 is 19.3 Å². The Labute approximate surface area is 373 Å². The van der Waals surface area contributed by atoms with Crippen LogP contribution in [0.2, 0.25) is 0 Å². The zero-order valence-electron chi connectivity index (χ0n) is 35.4. The Morgan fingerprint density at radius 1 is 0.469 bits per heavy atom. The topological polar surface area (TPSA) is 53.1 Å². The molecule has 0 saturated carbocycles. The van der Waals surface area contributed by atoms with Crippen molar-refractivity contribution in [2.75, 3.05) is 24.0 Å². The Kier molecular flexibility index (Phi) is 11.7. The van der Waals surface area contributed by atoms with Gasteiger partial charge in [0.2, 0.25) is 0 Å². The third-order valence-electron chi connectivity index (χ3n) is 11.3. The number of benzene rings is 9. The quantitative estimate of drug-likeness (QED) is 0.0907. The summed E-state index contributed by atoms with van der Waals surface area (Å²) in [6, 6.07) is 68.2. The molecular formula is C58H42N4O2. The van der Waals surface area contributed by atoms with Crippen LogP contribution >= 0.6 is 0 Å². The van der Waals surface area contributed by atoms with Crippen molar-refractivity contribution in [1.82, 2.24) is 0 Å². The number of methoxy groups -OCH3 is 2. The second-order valence-electron chi connectivity index (χ2n) is 15.1. The van der Waals surface area contributed by atoms with Gasteiger partial charge in [-0.3, -0.25) is 0 Å². The lowest BCUT2D eigenvalue weighted by Gasteiger charge is -2.27. The van der Waals surface area contributed by atoms with Crippen LogP contribution in [0.5, 0.6) is 11.5 Å². The number of hydrogen-bond donors (Lipinski definition) is 0. The molecule has 6 nitrogen and oxygen atoms in total. The summed E-state index contributed by atoms with van der Waals surface area (Å²) in [6.07, 6.45) is 7.78. The summed E-state index contributed by atoms with van der Waals surface area (Å²) >= 11 is 0. The first-order valence-electron chi connectivity index (χ1n) is 20.9. The molecule has 0 radical (unpaired) electrons. The van der Waals surface area contributed by atoms with Crippen molar-refractivity contribution in [1.29, 1.82) is 5.26 Å². The Balaban J connectivity index is 0.970. The molecule has 0 atom stereocenters. The van der Waals surface area contributed by atoms with Gasteiger partial charge in [-0.1, -0.05) is 121 Å². The Bertz CT molecular complexity index is 3020. The predicted octanol–water partition coefficient (Wildman–Crippen LogP) is 15.7. The summed E-state index contributed by atoms with van der Waals surface area (Å²) in [6.45, 7) is 8.05. The first-order valence-corrected chi connectivity index (χ1v) is 20.9. The maximum Gasteiger partial charge on any atom is 0.194 e. The lowest BCUT2D eigenvalue weighted by molar-refractivity contribution is 0.414. The molecule has 0 N–H and O–H groups in total. The van der Waals surface area contributed by atoms with Gasteiger partial charge in [-0.2, -0.15) is 5.26 Å². The zero-order chi connectivity index (χ0) is 43.8. The Hall–Kier alpha value is -8.84. The van der Waals surface area contributed by atoms with E-state index in [-0.39, 0.29) is 0 Å². The van der Waals surface area contributed by atoms with E-state index < -0.39 is 0 Å². The van der Waals surface area contributed by atoms with Crippen LogP contribution in [0.4, 0.5) is 39.8 Å². The standard InChI is InChI=1S/C58H42N4O2/c1-60-56-39-45(24-18-41-20-26-48(27-21-41)61(50-30-34-52(63-2)35-31-50)57-16-8-12-43-10-4-6-14-54(43)57)47(40-59)38-46(56)25-19-42-22-28-49(29-23-42)62(51-32-36-53(64-3)37-33-51)58-17-9-13-44-11-5-7-15-55(44)58/h4-39H,2-3H3. The minimum Gasteiger partial charge on any atom is -0.497 e. The molecule has 0 amide bonds. The van der Waals surface area contributed by atoms with Crippen LogP contribution in [0.15, 0.2) is 194 Å². The molecule has 9 rings (SSSR count). The molecule has 0 spiro atoms. The van der Waals surface area contributed by atoms with Crippen LogP contribution in [-0.4, -0.2) is 14.2 Å². The SMILES string of the molecule is [C-]#[N+]c1cc(C=Cc2ccc(N(c3ccc(OC)cc3)c3cccc4ccccc34)cc2)c(C#N)cc1C=Cc1ccc(N(c2ccc(OC)cc2)c2cccc3ccccc23)cc1. The van der Waals surface area contributed by atoms with Gasteiger partial charge in [0.1, 0.15) is 11.5 Å². The fourth-order valence-corrected chi connectivity index (χ4v) is 8.05. The molecule has 0 heterocycles. The molecular weight excluding hydrogens is 785 g/mol. The van der Waals surface area contributed by atoms with Crippen molar-refractivity contribution >= 4 is 85.7 Å². The first-order chi connectivity index (χ1) is 31.5. The van der Waals surface area contributed by atoms with E-state index in [0.717, 1.165) is 78.3 Å². The van der Waals surface area contributed by atoms with Crippen molar-refractivity contribution in [3.63, 3.8) is 0 Å². The average molecular weight is 827 g/mol. The molecule has 0 aliphatic carbocycles. The van der Waals surface area contributed by atoms with Gasteiger partial charge in [0.25, 0.3) is 0 Å². The van der Waals surface area contributed by atoms with Crippen LogP contribution in [0.3, 0.4) is 0 Å². The van der Waals surface area contributed by atoms with Crippen LogP contribution in [0, 0.1) is 17.9 Å². The number of nitriles is 1. The molecule has 0 saturated heterocycles. The number of rotatable bonds is 12. The molecule has 9 aromatic carbocycles. The molecule has 0 unspecified atom stereocenters. The summed E-state index contributed by atoms with van der Waals surface area (Å²) in [5, 5.41) is 14.9. The molecule has 6 heteroatoms. The Morgan fingerprint density at radius 2 is 0.875 bits per heavy atom. The zero-order valence-corrected chi connectivity index (χ0v) is 35.4. The minimum atomic E-state index is 0.466. The van der Waals surface area contributed by atoms with E-state index in [0.29, 0.717) is 22.4 Å². The van der Waals surface area contributed by atoms with E-state index in [2.05, 4.69) is 178 Å². The van der Waals surface area contributed by atoms with Gasteiger partial charge >= 0.3 is 0 Å². The number of anilines is 6. The van der Waals surface area contributed by atoms with Gasteiger partial charge in [0.05, 0.1) is 43.8 Å². The van der Waals surface area contributed by atoms with Crippen molar-refractivity contribution in [3.05, 3.63) is 233 Å². The highest BCUT2D eigenvalue weighted by molar-refractivity contribution is 6.00. The third-order valence-corrected chi connectivity index (χ3v) is 11.3. The van der Waals surface area contributed by atoms with Gasteiger partial charge in [-0.05, 0) is 130 Å². The number of ether oxygens (including phenoxy) is 2. The lowest BCUT2D eigenvalue weighted by atomic mass is 10.0. The number of fused-ring (bicyclic) bond motifs is 2. The summed E-state index contributed by atoms with van der Waals surface area (Å²) < 4.78 is 10.9. The second kappa shape index (κ2) is 18.4. The average Bonchev–Trinajstić information content (AvgIpc) is 3.36. The summed E-state index contributed by atoms with van der Waals surface area (Å²) in [5.41, 5.74) is 10.4. The van der Waals surface area contributed by atoms with Crippen molar-refractivity contribution < 1.29 is 9.47 Å². The van der Waals surface area contributed by atoms with Gasteiger partial charge in [-0.25, -0.2) is 4.85 Å². The van der Waals surface area contributed by atoms with Crippen molar-refractivity contribution in [2.45, 2.75) is 0 Å². The molecule has 0 fully saturated rings. The molecule has 0 aliphatic rings. The van der Waals surface area contributed by atoms with E-state index in [1.807, 2.05) is 48.6 Å². The highest BCUT2D eigenvalue weighted by Crippen LogP contribution is 2.41. The predicted molar refractivity (Wildman–Crippen MR) is 266 cm³/mol. The third kappa shape index (κ3) is 8.41. The molecule has 0 aliphatic heterocycles. The molecule has 306 valence electrons. The van der Waals surface area contributed by atoms with Gasteiger partial charge in [-0.15, -0.1) is 0 Å². The smallest absolute Gasteiger partial charge is 0.194 e. The normalized spacial score (nSPS) is 11.1. The van der Waals surface area contributed by atoms with Crippen molar-refractivity contribution in [2.24, 2.45) is 0 Å². The highest BCUT2D eigenvalue weighted by atomic mass is 16.5. The maximum atomic E-state index is 10.3. The summed E-state index contributed by atoms with van der Waals surface area (Å²) in [5.74, 6) is 1.59. The highest BCUT2D eigenvalue weighted by Gasteiger charge is 2.17. The van der Waals surface area contributed by atoms with E-state index >= 15 is 0 Å². The van der Waals surface area contributed by atoms with Gasteiger partial charge in [0.15, 0.2) is 5.69 Å². The largest absolute Gasteiger partial charge is 0.497 e. The molecule has 64 heavy (non-hydrogen) atoms.